The molecule has 0 bridgehead atoms. The van der Waals surface area contributed by atoms with Gasteiger partial charge in [0.25, 0.3) is 0 Å². The second-order valence-corrected chi connectivity index (χ2v) is 5.67. The summed E-state index contributed by atoms with van der Waals surface area (Å²) in [4.78, 5) is 13.2. The summed E-state index contributed by atoms with van der Waals surface area (Å²) in [6.45, 7) is 6.08. The summed E-state index contributed by atoms with van der Waals surface area (Å²) in [6.07, 6.45) is 1.69. The number of hydrogen-bond acceptors (Lipinski definition) is 3. The van der Waals surface area contributed by atoms with Gasteiger partial charge in [-0.05, 0) is 32.8 Å². The Labute approximate surface area is 122 Å². The molecular weight excluding hydrogens is 278 g/mol. The highest BCUT2D eigenvalue weighted by atomic mass is 19.1. The molecule has 0 saturated carbocycles. The highest BCUT2D eigenvalue weighted by Gasteiger charge is 2.22. The number of piperidine rings is 1. The number of likely N-dealkylation sites (tertiary alicyclic amines) is 1. The average Bonchev–Trinajstić information content (AvgIpc) is 2.42. The van der Waals surface area contributed by atoms with Crippen molar-refractivity contribution < 1.29 is 18.7 Å². The summed E-state index contributed by atoms with van der Waals surface area (Å²) in [5.41, 5.74) is -0.463. The Morgan fingerprint density at radius 2 is 1.90 bits per heavy atom. The number of benzene rings is 1. The zero-order valence-corrected chi connectivity index (χ0v) is 12.2. The molecule has 21 heavy (non-hydrogen) atoms. The van der Waals surface area contributed by atoms with Gasteiger partial charge in [-0.1, -0.05) is 0 Å². The summed E-state index contributed by atoms with van der Waals surface area (Å²) in [7, 11) is 0. The minimum absolute atomic E-state index is 0.0526. The first-order valence-corrected chi connectivity index (χ1v) is 7.11. The van der Waals surface area contributed by atoms with Gasteiger partial charge in [0.2, 0.25) is 0 Å². The monoisotopic (exact) mass is 298 g/mol. The quantitative estimate of drug-likeness (QED) is 0.897. The molecule has 1 saturated heterocycles. The highest BCUT2D eigenvalue weighted by molar-refractivity contribution is 5.89. The number of nitrogens with zero attached hydrogens (tertiary/aromatic N) is 1. The first-order chi connectivity index (χ1) is 9.88. The molecule has 0 aliphatic carbocycles. The fraction of sp³-hybridized carbons (Fsp3) is 0.533. The number of carbonyl (C=O) groups is 1. The molecule has 2 N–H and O–H groups in total. The van der Waals surface area contributed by atoms with E-state index in [9.17, 15) is 13.6 Å². The summed E-state index contributed by atoms with van der Waals surface area (Å²) in [5, 5.41) is 11.9. The van der Waals surface area contributed by atoms with E-state index in [2.05, 4.69) is 24.1 Å². The zero-order chi connectivity index (χ0) is 15.6. The Kier molecular flexibility index (Phi) is 4.77. The molecule has 1 heterocycles. The molecule has 1 aliphatic heterocycles. The maximum atomic E-state index is 13.7. The largest absolute Gasteiger partial charge is 0.478 e. The van der Waals surface area contributed by atoms with Crippen molar-refractivity contribution in [2.75, 3.05) is 18.4 Å². The minimum atomic E-state index is -1.40. The van der Waals surface area contributed by atoms with Gasteiger partial charge >= 0.3 is 5.97 Å². The van der Waals surface area contributed by atoms with E-state index in [0.29, 0.717) is 12.1 Å². The van der Waals surface area contributed by atoms with E-state index in [1.807, 2.05) is 0 Å². The fourth-order valence-electron chi connectivity index (χ4n) is 2.60. The van der Waals surface area contributed by atoms with Crippen LogP contribution in [0.4, 0.5) is 14.5 Å². The maximum absolute atomic E-state index is 13.7. The van der Waals surface area contributed by atoms with Crippen molar-refractivity contribution in [3.63, 3.8) is 0 Å². The highest BCUT2D eigenvalue weighted by Crippen LogP contribution is 2.23. The molecule has 0 amide bonds. The maximum Gasteiger partial charge on any atom is 0.338 e. The SMILES string of the molecule is CC(C)N1CCC(Nc2cc(C(=O)O)c(F)cc2F)CC1. The number of anilines is 1. The van der Waals surface area contributed by atoms with Gasteiger partial charge in [0.1, 0.15) is 11.6 Å². The topological polar surface area (TPSA) is 52.6 Å². The number of halogens is 2. The van der Waals surface area contributed by atoms with Crippen LogP contribution in [0.2, 0.25) is 0 Å². The smallest absolute Gasteiger partial charge is 0.338 e. The van der Waals surface area contributed by atoms with Crippen LogP contribution in [0, 0.1) is 11.6 Å². The van der Waals surface area contributed by atoms with Crippen LogP contribution in [-0.2, 0) is 0 Å². The standard InChI is InChI=1S/C15H20F2N2O2/c1-9(2)19-5-3-10(4-6-19)18-14-7-11(15(20)21)12(16)8-13(14)17/h7-10,18H,3-6H2,1-2H3,(H,20,21). The molecule has 6 heteroatoms. The Morgan fingerprint density at radius 1 is 1.29 bits per heavy atom. The number of nitrogens with one attached hydrogen (secondary N) is 1. The van der Waals surface area contributed by atoms with Crippen molar-refractivity contribution in [3.05, 3.63) is 29.3 Å². The number of carboxylic acid groups (broad SMARTS) is 1. The van der Waals surface area contributed by atoms with Crippen molar-refractivity contribution in [2.24, 2.45) is 0 Å². The van der Waals surface area contributed by atoms with Gasteiger partial charge in [-0.15, -0.1) is 0 Å². The van der Waals surface area contributed by atoms with Crippen LogP contribution in [0.3, 0.4) is 0 Å². The van der Waals surface area contributed by atoms with Crippen LogP contribution in [0.25, 0.3) is 0 Å². The lowest BCUT2D eigenvalue weighted by molar-refractivity contribution is 0.0692. The van der Waals surface area contributed by atoms with Gasteiger partial charge in [0.15, 0.2) is 0 Å². The van der Waals surface area contributed by atoms with Crippen molar-refractivity contribution in [2.45, 2.75) is 38.8 Å². The molecule has 1 aromatic carbocycles. The lowest BCUT2D eigenvalue weighted by Crippen LogP contribution is -2.42. The zero-order valence-electron chi connectivity index (χ0n) is 12.2. The third-order valence-corrected chi connectivity index (χ3v) is 3.91. The third kappa shape index (κ3) is 3.69. The second kappa shape index (κ2) is 6.39. The number of aromatic carboxylic acids is 1. The van der Waals surface area contributed by atoms with E-state index in [1.54, 1.807) is 0 Å². The lowest BCUT2D eigenvalue weighted by atomic mass is 10.0. The molecule has 1 aromatic rings. The molecular formula is C15H20F2N2O2. The molecule has 0 aromatic heterocycles. The Hall–Kier alpha value is -1.69. The average molecular weight is 298 g/mol. The summed E-state index contributed by atoms with van der Waals surface area (Å²) < 4.78 is 27.1. The summed E-state index contributed by atoms with van der Waals surface area (Å²) >= 11 is 0. The van der Waals surface area contributed by atoms with E-state index < -0.39 is 23.2 Å². The van der Waals surface area contributed by atoms with Gasteiger partial charge in [0.05, 0.1) is 11.3 Å². The van der Waals surface area contributed by atoms with Crippen LogP contribution in [0.15, 0.2) is 12.1 Å². The van der Waals surface area contributed by atoms with E-state index in [-0.39, 0.29) is 11.7 Å². The van der Waals surface area contributed by atoms with Crippen LogP contribution in [0.1, 0.15) is 37.0 Å². The van der Waals surface area contributed by atoms with Crippen LogP contribution < -0.4 is 5.32 Å². The predicted molar refractivity (Wildman–Crippen MR) is 76.7 cm³/mol. The molecule has 2 rings (SSSR count). The summed E-state index contributed by atoms with van der Waals surface area (Å²) in [6, 6.07) is 2.20. The van der Waals surface area contributed by atoms with E-state index in [0.717, 1.165) is 32.0 Å². The Balaban J connectivity index is 2.07. The fourth-order valence-corrected chi connectivity index (χ4v) is 2.60. The molecule has 4 nitrogen and oxygen atoms in total. The van der Waals surface area contributed by atoms with Crippen molar-refractivity contribution in [1.82, 2.24) is 4.90 Å². The summed E-state index contributed by atoms with van der Waals surface area (Å²) in [5.74, 6) is -3.21. The molecule has 116 valence electrons. The molecule has 0 radical (unpaired) electrons. The van der Waals surface area contributed by atoms with E-state index in [1.165, 1.54) is 0 Å². The van der Waals surface area contributed by atoms with Gasteiger partial charge in [-0.3, -0.25) is 0 Å². The van der Waals surface area contributed by atoms with Crippen LogP contribution >= 0.6 is 0 Å². The first-order valence-electron chi connectivity index (χ1n) is 7.11. The van der Waals surface area contributed by atoms with Crippen LogP contribution in [-0.4, -0.2) is 41.1 Å². The van der Waals surface area contributed by atoms with E-state index in [4.69, 9.17) is 5.11 Å². The van der Waals surface area contributed by atoms with Crippen molar-refractivity contribution in [1.29, 1.82) is 0 Å². The molecule has 1 fully saturated rings. The molecule has 0 spiro atoms. The van der Waals surface area contributed by atoms with E-state index >= 15 is 0 Å². The van der Waals surface area contributed by atoms with Gasteiger partial charge < -0.3 is 15.3 Å². The molecule has 0 unspecified atom stereocenters. The number of carboxylic acids is 1. The molecule has 1 aliphatic rings. The molecule has 0 atom stereocenters. The predicted octanol–water partition coefficient (Wildman–Crippen LogP) is 2.95. The second-order valence-electron chi connectivity index (χ2n) is 5.67. The van der Waals surface area contributed by atoms with Gasteiger partial charge in [0, 0.05) is 31.2 Å². The Morgan fingerprint density at radius 3 is 2.43 bits per heavy atom. The normalized spacial score (nSPS) is 17.2. The number of rotatable bonds is 4. The Bertz CT molecular complexity index is 527. The first kappa shape index (κ1) is 15.7. The van der Waals surface area contributed by atoms with Crippen molar-refractivity contribution in [3.8, 4) is 0 Å². The van der Waals surface area contributed by atoms with Gasteiger partial charge in [-0.25, -0.2) is 13.6 Å². The van der Waals surface area contributed by atoms with Gasteiger partial charge in [-0.2, -0.15) is 0 Å². The van der Waals surface area contributed by atoms with Crippen LogP contribution in [0.5, 0.6) is 0 Å². The van der Waals surface area contributed by atoms with Crippen molar-refractivity contribution >= 4 is 11.7 Å². The number of hydrogen-bond donors (Lipinski definition) is 2. The lowest BCUT2D eigenvalue weighted by Gasteiger charge is -2.35. The third-order valence-electron chi connectivity index (χ3n) is 3.91. The minimum Gasteiger partial charge on any atom is -0.478 e.